The Morgan fingerprint density at radius 1 is 1.12 bits per heavy atom. The van der Waals surface area contributed by atoms with Crippen LogP contribution in [0.1, 0.15) is 11.5 Å². The Labute approximate surface area is 186 Å². The number of nitrogens with one attached hydrogen (secondary N) is 1. The van der Waals surface area contributed by atoms with Crippen LogP contribution in [-0.4, -0.2) is 26.8 Å². The average molecular weight is 450 g/mol. The summed E-state index contributed by atoms with van der Waals surface area (Å²) in [5.41, 5.74) is 0.818. The van der Waals surface area contributed by atoms with Gasteiger partial charge in [-0.2, -0.15) is 0 Å². The van der Waals surface area contributed by atoms with Gasteiger partial charge in [-0.3, -0.25) is 14.9 Å². The zero-order chi connectivity index (χ0) is 22.5. The van der Waals surface area contributed by atoms with Crippen LogP contribution in [0.4, 0.5) is 11.4 Å². The van der Waals surface area contributed by atoms with Crippen LogP contribution in [0.15, 0.2) is 70.3 Å². The summed E-state index contributed by atoms with van der Waals surface area (Å²) in [5.74, 6) is 0.632. The summed E-state index contributed by atoms with van der Waals surface area (Å²) in [6, 6.07) is 18.3. The topological polar surface area (TPSA) is 120 Å². The van der Waals surface area contributed by atoms with E-state index >= 15 is 0 Å². The van der Waals surface area contributed by atoms with Crippen LogP contribution < -0.4 is 10.1 Å². The van der Waals surface area contributed by atoms with Crippen molar-refractivity contribution in [1.29, 1.82) is 0 Å². The molecule has 0 aliphatic rings. The molecule has 3 aromatic carbocycles. The lowest BCUT2D eigenvalue weighted by molar-refractivity contribution is -0.385. The zero-order valence-corrected chi connectivity index (χ0v) is 17.8. The maximum Gasteiger partial charge on any atom is 0.277 e. The number of hydrogen-bond donors (Lipinski definition) is 1. The molecule has 0 saturated heterocycles. The predicted octanol–water partition coefficient (Wildman–Crippen LogP) is 4.75. The first-order valence-electron chi connectivity index (χ1n) is 9.59. The highest BCUT2D eigenvalue weighted by Crippen LogP contribution is 2.24. The van der Waals surface area contributed by atoms with Crippen LogP contribution in [0.5, 0.6) is 5.75 Å². The van der Waals surface area contributed by atoms with Gasteiger partial charge in [0.05, 0.1) is 10.7 Å². The van der Waals surface area contributed by atoms with E-state index in [0.29, 0.717) is 17.0 Å². The van der Waals surface area contributed by atoms with Gasteiger partial charge in [0.15, 0.2) is 6.61 Å². The van der Waals surface area contributed by atoms with E-state index in [1.54, 1.807) is 19.1 Å². The first kappa shape index (κ1) is 21.3. The number of ether oxygens (including phenoxy) is 1. The van der Waals surface area contributed by atoms with Gasteiger partial charge in [0, 0.05) is 17.3 Å². The highest BCUT2D eigenvalue weighted by Gasteiger charge is 2.14. The lowest BCUT2D eigenvalue weighted by Gasteiger charge is -2.05. The van der Waals surface area contributed by atoms with Crippen molar-refractivity contribution in [3.05, 3.63) is 82.2 Å². The lowest BCUT2D eigenvalue weighted by atomic mass is 10.1. The van der Waals surface area contributed by atoms with Gasteiger partial charge < -0.3 is 14.5 Å². The molecule has 0 radical (unpaired) electrons. The molecular weight excluding hydrogens is 432 g/mol. The van der Waals surface area contributed by atoms with Gasteiger partial charge in [0.2, 0.25) is 5.91 Å². The Morgan fingerprint density at radius 3 is 2.75 bits per heavy atom. The number of thioether (sulfide) groups is 1. The number of hydrogen-bond acceptors (Lipinski definition) is 8. The second-order valence-electron chi connectivity index (χ2n) is 6.85. The second-order valence-corrected chi connectivity index (χ2v) is 7.78. The number of aromatic nitrogens is 2. The van der Waals surface area contributed by atoms with E-state index in [0.717, 1.165) is 22.5 Å². The Kier molecular flexibility index (Phi) is 6.31. The Hall–Kier alpha value is -3.92. The van der Waals surface area contributed by atoms with E-state index < -0.39 is 4.92 Å². The van der Waals surface area contributed by atoms with Crippen molar-refractivity contribution in [2.45, 2.75) is 18.8 Å². The summed E-state index contributed by atoms with van der Waals surface area (Å²) in [4.78, 5) is 22.7. The van der Waals surface area contributed by atoms with Gasteiger partial charge in [-0.15, -0.1) is 10.2 Å². The maximum atomic E-state index is 12.2. The average Bonchev–Trinajstić information content (AvgIpc) is 3.25. The first-order chi connectivity index (χ1) is 15.5. The fraction of sp³-hybridized carbons (Fsp3) is 0.136. The highest BCUT2D eigenvalue weighted by molar-refractivity contribution is 7.99. The van der Waals surface area contributed by atoms with Crippen molar-refractivity contribution in [1.82, 2.24) is 10.2 Å². The number of aryl methyl sites for hydroxylation is 1. The van der Waals surface area contributed by atoms with E-state index in [4.69, 9.17) is 9.15 Å². The second kappa shape index (κ2) is 9.48. The minimum Gasteiger partial charge on any atom is -0.484 e. The number of amides is 1. The van der Waals surface area contributed by atoms with E-state index in [2.05, 4.69) is 15.5 Å². The molecule has 162 valence electrons. The molecule has 0 unspecified atom stereocenters. The third kappa shape index (κ3) is 5.22. The standard InChI is InChI=1S/C22H18N4O5S/c1-14-6-8-17(11-19(14)26(28)29)23-20(27)13-32-22-25-24-21(31-22)12-30-18-9-7-15-4-2-3-5-16(15)10-18/h2-11H,12-13H2,1H3,(H,23,27). The maximum absolute atomic E-state index is 12.2. The van der Waals surface area contributed by atoms with Crippen LogP contribution in [-0.2, 0) is 11.4 Å². The number of nitro groups is 1. The number of benzene rings is 3. The number of nitrogens with zero attached hydrogens (tertiary/aromatic N) is 3. The number of anilines is 1. The molecular formula is C22H18N4O5S. The summed E-state index contributed by atoms with van der Waals surface area (Å²) < 4.78 is 11.2. The predicted molar refractivity (Wildman–Crippen MR) is 120 cm³/mol. The Morgan fingerprint density at radius 2 is 1.94 bits per heavy atom. The first-order valence-corrected chi connectivity index (χ1v) is 10.6. The lowest BCUT2D eigenvalue weighted by Crippen LogP contribution is -2.14. The number of rotatable bonds is 8. The number of fused-ring (bicyclic) bond motifs is 1. The van der Waals surface area contributed by atoms with E-state index in [1.807, 2.05) is 42.5 Å². The molecule has 0 spiro atoms. The van der Waals surface area contributed by atoms with Crippen LogP contribution in [0.25, 0.3) is 10.8 Å². The molecule has 0 bridgehead atoms. The summed E-state index contributed by atoms with van der Waals surface area (Å²) >= 11 is 1.06. The molecule has 0 saturated carbocycles. The van der Waals surface area contributed by atoms with Crippen molar-refractivity contribution in [3.63, 3.8) is 0 Å². The molecule has 1 heterocycles. The molecule has 32 heavy (non-hydrogen) atoms. The van der Waals surface area contributed by atoms with Gasteiger partial charge in [-0.05, 0) is 35.9 Å². The molecule has 4 rings (SSSR count). The van der Waals surface area contributed by atoms with Crippen LogP contribution >= 0.6 is 11.8 Å². The number of nitro benzene ring substituents is 1. The minimum absolute atomic E-state index is 0.00877. The normalized spacial score (nSPS) is 10.8. The molecule has 10 heteroatoms. The van der Waals surface area contributed by atoms with Crippen LogP contribution in [0, 0.1) is 17.0 Å². The number of carbonyl (C=O) groups excluding carboxylic acids is 1. The van der Waals surface area contributed by atoms with Crippen LogP contribution in [0.3, 0.4) is 0 Å². The molecule has 0 atom stereocenters. The van der Waals surface area contributed by atoms with E-state index in [1.165, 1.54) is 6.07 Å². The molecule has 1 amide bonds. The molecule has 1 aromatic heterocycles. The van der Waals surface area contributed by atoms with Gasteiger partial charge >= 0.3 is 0 Å². The Balaban J connectivity index is 1.29. The van der Waals surface area contributed by atoms with Gasteiger partial charge in [0.25, 0.3) is 16.8 Å². The minimum atomic E-state index is -0.486. The molecule has 0 aliphatic carbocycles. The van der Waals surface area contributed by atoms with E-state index in [9.17, 15) is 14.9 Å². The molecule has 0 aliphatic heterocycles. The highest BCUT2D eigenvalue weighted by atomic mass is 32.2. The summed E-state index contributed by atoms with van der Waals surface area (Å²) in [6.45, 7) is 1.74. The van der Waals surface area contributed by atoms with E-state index in [-0.39, 0.29) is 35.1 Å². The zero-order valence-electron chi connectivity index (χ0n) is 17.0. The van der Waals surface area contributed by atoms with Crippen molar-refractivity contribution in [2.75, 3.05) is 11.1 Å². The van der Waals surface area contributed by atoms with Gasteiger partial charge in [0.1, 0.15) is 5.75 Å². The third-order valence-corrected chi connectivity index (χ3v) is 5.37. The monoisotopic (exact) mass is 450 g/mol. The SMILES string of the molecule is Cc1ccc(NC(=O)CSc2nnc(COc3ccc4ccccc4c3)o2)cc1[N+](=O)[O-]. The molecule has 0 fully saturated rings. The fourth-order valence-electron chi connectivity index (χ4n) is 2.97. The van der Waals surface area contributed by atoms with Crippen molar-refractivity contribution in [2.24, 2.45) is 0 Å². The molecule has 9 nitrogen and oxygen atoms in total. The fourth-order valence-corrected chi connectivity index (χ4v) is 3.55. The van der Waals surface area contributed by atoms with Gasteiger partial charge in [-0.25, -0.2) is 0 Å². The van der Waals surface area contributed by atoms with Crippen molar-refractivity contribution >= 4 is 39.8 Å². The van der Waals surface area contributed by atoms with Crippen LogP contribution in [0.2, 0.25) is 0 Å². The largest absolute Gasteiger partial charge is 0.484 e. The van der Waals surface area contributed by atoms with Crippen molar-refractivity contribution in [3.8, 4) is 5.75 Å². The third-order valence-electron chi connectivity index (χ3n) is 4.55. The molecule has 1 N–H and O–H groups in total. The summed E-state index contributed by atoms with van der Waals surface area (Å²) in [5, 5.41) is 23.9. The Bertz CT molecular complexity index is 1290. The van der Waals surface area contributed by atoms with Crippen molar-refractivity contribution < 1.29 is 18.9 Å². The summed E-state index contributed by atoms with van der Waals surface area (Å²) in [7, 11) is 0. The quantitative estimate of drug-likeness (QED) is 0.232. The van der Waals surface area contributed by atoms with Gasteiger partial charge in [-0.1, -0.05) is 48.2 Å². The molecule has 4 aromatic rings. The number of carbonyl (C=O) groups is 1. The smallest absolute Gasteiger partial charge is 0.277 e. The summed E-state index contributed by atoms with van der Waals surface area (Å²) in [6.07, 6.45) is 0.